The SMILES string of the molecule is Cc1ccc(C)c(C(=NN=C(N)N)C2CC2)c1.Cl. The highest BCUT2D eigenvalue weighted by molar-refractivity contribution is 6.05. The van der Waals surface area contributed by atoms with Crippen LogP contribution in [0.1, 0.15) is 29.5 Å². The lowest BCUT2D eigenvalue weighted by molar-refractivity contribution is 1.10. The predicted octanol–water partition coefficient (Wildman–Crippen LogP) is 2.11. The average Bonchev–Trinajstić information content (AvgIpc) is 3.07. The number of aryl methyl sites for hydroxylation is 2. The van der Waals surface area contributed by atoms with Crippen LogP contribution in [0.15, 0.2) is 28.4 Å². The Morgan fingerprint density at radius 1 is 1.17 bits per heavy atom. The Labute approximate surface area is 114 Å². The molecule has 0 unspecified atom stereocenters. The van der Waals surface area contributed by atoms with Gasteiger partial charge in [0.05, 0.1) is 5.71 Å². The number of benzene rings is 1. The fourth-order valence-electron chi connectivity index (χ4n) is 1.84. The third-order valence-electron chi connectivity index (χ3n) is 2.91. The molecule has 0 saturated heterocycles. The van der Waals surface area contributed by atoms with Crippen LogP contribution in [0, 0.1) is 19.8 Å². The molecule has 0 aromatic heterocycles. The van der Waals surface area contributed by atoms with Crippen molar-refractivity contribution in [3.63, 3.8) is 0 Å². The van der Waals surface area contributed by atoms with Gasteiger partial charge < -0.3 is 11.5 Å². The quantitative estimate of drug-likeness (QED) is 0.499. The molecule has 1 aliphatic rings. The molecule has 0 bridgehead atoms. The summed E-state index contributed by atoms with van der Waals surface area (Å²) < 4.78 is 0. The van der Waals surface area contributed by atoms with Gasteiger partial charge in [-0.05, 0) is 38.3 Å². The Hall–Kier alpha value is -1.55. The molecule has 0 spiro atoms. The Morgan fingerprint density at radius 2 is 1.83 bits per heavy atom. The second-order valence-electron chi connectivity index (χ2n) is 4.60. The molecule has 0 amide bonds. The molecule has 98 valence electrons. The topological polar surface area (TPSA) is 76.8 Å². The van der Waals surface area contributed by atoms with Gasteiger partial charge in [0.25, 0.3) is 0 Å². The van der Waals surface area contributed by atoms with Crippen LogP contribution >= 0.6 is 12.4 Å². The van der Waals surface area contributed by atoms with E-state index in [2.05, 4.69) is 42.2 Å². The van der Waals surface area contributed by atoms with Gasteiger partial charge in [0.1, 0.15) is 0 Å². The summed E-state index contributed by atoms with van der Waals surface area (Å²) in [6.45, 7) is 4.16. The van der Waals surface area contributed by atoms with Crippen molar-refractivity contribution in [2.24, 2.45) is 27.6 Å². The number of halogens is 1. The van der Waals surface area contributed by atoms with E-state index in [1.165, 1.54) is 24.0 Å². The van der Waals surface area contributed by atoms with Gasteiger partial charge in [0.15, 0.2) is 0 Å². The monoisotopic (exact) mass is 266 g/mol. The van der Waals surface area contributed by atoms with Crippen LogP contribution in [0.3, 0.4) is 0 Å². The highest BCUT2D eigenvalue weighted by Crippen LogP contribution is 2.34. The number of hydrogen-bond donors (Lipinski definition) is 2. The molecule has 0 radical (unpaired) electrons. The van der Waals surface area contributed by atoms with E-state index in [1.807, 2.05) is 0 Å². The van der Waals surface area contributed by atoms with Crippen molar-refractivity contribution in [3.05, 3.63) is 34.9 Å². The normalized spacial score (nSPS) is 14.9. The molecule has 0 aliphatic heterocycles. The van der Waals surface area contributed by atoms with Crippen molar-refractivity contribution in [1.82, 2.24) is 0 Å². The van der Waals surface area contributed by atoms with Crippen LogP contribution in [0.2, 0.25) is 0 Å². The van der Waals surface area contributed by atoms with Crippen LogP contribution in [-0.2, 0) is 0 Å². The fraction of sp³-hybridized carbons (Fsp3) is 0.385. The third kappa shape index (κ3) is 3.47. The highest BCUT2D eigenvalue weighted by Gasteiger charge is 2.29. The Bertz CT molecular complexity index is 486. The number of nitrogens with two attached hydrogens (primary N) is 2. The van der Waals surface area contributed by atoms with Gasteiger partial charge in [0.2, 0.25) is 5.96 Å². The molecule has 1 aliphatic carbocycles. The summed E-state index contributed by atoms with van der Waals surface area (Å²) in [6, 6.07) is 6.36. The zero-order valence-electron chi connectivity index (χ0n) is 10.7. The van der Waals surface area contributed by atoms with E-state index in [0.29, 0.717) is 5.92 Å². The van der Waals surface area contributed by atoms with Crippen molar-refractivity contribution in [3.8, 4) is 0 Å². The lowest BCUT2D eigenvalue weighted by Crippen LogP contribution is -2.22. The van der Waals surface area contributed by atoms with Crippen molar-refractivity contribution in [1.29, 1.82) is 0 Å². The van der Waals surface area contributed by atoms with E-state index >= 15 is 0 Å². The molecule has 1 saturated carbocycles. The van der Waals surface area contributed by atoms with Crippen LogP contribution in [0.4, 0.5) is 0 Å². The van der Waals surface area contributed by atoms with E-state index in [4.69, 9.17) is 11.5 Å². The van der Waals surface area contributed by atoms with Crippen LogP contribution in [0.25, 0.3) is 0 Å². The van der Waals surface area contributed by atoms with Gasteiger partial charge in [-0.2, -0.15) is 5.10 Å². The van der Waals surface area contributed by atoms with Gasteiger partial charge in [0, 0.05) is 11.5 Å². The third-order valence-corrected chi connectivity index (χ3v) is 2.91. The maximum Gasteiger partial charge on any atom is 0.211 e. The first-order valence-corrected chi connectivity index (χ1v) is 5.82. The Kier molecular flexibility index (Phi) is 4.73. The van der Waals surface area contributed by atoms with Crippen molar-refractivity contribution in [2.45, 2.75) is 26.7 Å². The molecule has 1 fully saturated rings. The van der Waals surface area contributed by atoms with Crippen molar-refractivity contribution in [2.75, 3.05) is 0 Å². The maximum absolute atomic E-state index is 5.33. The molecular weight excluding hydrogens is 248 g/mol. The van der Waals surface area contributed by atoms with Crippen LogP contribution < -0.4 is 11.5 Å². The van der Waals surface area contributed by atoms with Gasteiger partial charge in [-0.1, -0.05) is 17.7 Å². The summed E-state index contributed by atoms with van der Waals surface area (Å²) in [4.78, 5) is 0. The average molecular weight is 267 g/mol. The molecule has 18 heavy (non-hydrogen) atoms. The van der Waals surface area contributed by atoms with Gasteiger partial charge in [-0.15, -0.1) is 17.5 Å². The van der Waals surface area contributed by atoms with E-state index in [1.54, 1.807) is 0 Å². The molecule has 0 heterocycles. The van der Waals surface area contributed by atoms with E-state index in [9.17, 15) is 0 Å². The first-order chi connectivity index (χ1) is 8.08. The summed E-state index contributed by atoms with van der Waals surface area (Å²) in [7, 11) is 0. The van der Waals surface area contributed by atoms with Crippen LogP contribution in [-0.4, -0.2) is 11.7 Å². The first kappa shape index (κ1) is 14.5. The number of hydrogen-bond acceptors (Lipinski definition) is 2. The second-order valence-corrected chi connectivity index (χ2v) is 4.60. The van der Waals surface area contributed by atoms with E-state index < -0.39 is 0 Å². The lowest BCUT2D eigenvalue weighted by Gasteiger charge is -2.08. The summed E-state index contributed by atoms with van der Waals surface area (Å²) in [5, 5.41) is 8.01. The summed E-state index contributed by atoms with van der Waals surface area (Å²) >= 11 is 0. The minimum absolute atomic E-state index is 0. The molecule has 2 rings (SSSR count). The molecule has 4 N–H and O–H groups in total. The highest BCUT2D eigenvalue weighted by atomic mass is 35.5. The summed E-state index contributed by atoms with van der Waals surface area (Å²) in [6.07, 6.45) is 2.35. The molecular formula is C13H19ClN4. The molecule has 4 nitrogen and oxygen atoms in total. The number of nitrogens with zero attached hydrogens (tertiary/aromatic N) is 2. The fourth-order valence-corrected chi connectivity index (χ4v) is 1.84. The van der Waals surface area contributed by atoms with Crippen molar-refractivity contribution >= 4 is 24.1 Å². The minimum Gasteiger partial charge on any atom is -0.369 e. The Balaban J connectivity index is 0.00000162. The molecule has 5 heteroatoms. The standard InChI is InChI=1S/C13H18N4.ClH/c1-8-3-4-9(2)11(7-8)12(10-5-6-10)16-17-13(14)15;/h3-4,7,10H,5-6H2,1-2H3,(H4,14,15,17);1H. The number of guanidine groups is 1. The molecule has 0 atom stereocenters. The zero-order valence-corrected chi connectivity index (χ0v) is 11.5. The first-order valence-electron chi connectivity index (χ1n) is 5.82. The van der Waals surface area contributed by atoms with Gasteiger partial charge in [-0.3, -0.25) is 0 Å². The largest absolute Gasteiger partial charge is 0.369 e. The van der Waals surface area contributed by atoms with Crippen LogP contribution in [0.5, 0.6) is 0 Å². The lowest BCUT2D eigenvalue weighted by atomic mass is 9.99. The smallest absolute Gasteiger partial charge is 0.211 e. The summed E-state index contributed by atoms with van der Waals surface area (Å²) in [5.74, 6) is 0.520. The second kappa shape index (κ2) is 5.87. The molecule has 1 aromatic carbocycles. The van der Waals surface area contributed by atoms with Gasteiger partial charge >= 0.3 is 0 Å². The predicted molar refractivity (Wildman–Crippen MR) is 78.2 cm³/mol. The Morgan fingerprint density at radius 3 is 2.39 bits per heavy atom. The van der Waals surface area contributed by atoms with Gasteiger partial charge in [-0.25, -0.2) is 0 Å². The molecule has 1 aromatic rings. The number of rotatable bonds is 3. The van der Waals surface area contributed by atoms with E-state index in [-0.39, 0.29) is 18.4 Å². The zero-order chi connectivity index (χ0) is 12.4. The van der Waals surface area contributed by atoms with Crippen molar-refractivity contribution < 1.29 is 0 Å². The van der Waals surface area contributed by atoms with E-state index in [0.717, 1.165) is 11.3 Å². The maximum atomic E-state index is 5.33. The summed E-state index contributed by atoms with van der Waals surface area (Å²) in [5.41, 5.74) is 15.3. The minimum atomic E-state index is 0.